The van der Waals surface area contributed by atoms with Crippen molar-refractivity contribution in [2.45, 2.75) is 38.1 Å². The van der Waals surface area contributed by atoms with E-state index in [9.17, 15) is 5.11 Å². The van der Waals surface area contributed by atoms with E-state index in [2.05, 4.69) is 4.90 Å². The van der Waals surface area contributed by atoms with E-state index in [-0.39, 0.29) is 6.61 Å². The Morgan fingerprint density at radius 3 is 2.65 bits per heavy atom. The van der Waals surface area contributed by atoms with Gasteiger partial charge in [0, 0.05) is 26.2 Å². The lowest BCUT2D eigenvalue weighted by molar-refractivity contribution is 0.0743. The van der Waals surface area contributed by atoms with Gasteiger partial charge < -0.3 is 15.6 Å². The fourth-order valence-corrected chi connectivity index (χ4v) is 2.90. The molecule has 1 saturated carbocycles. The van der Waals surface area contributed by atoms with Gasteiger partial charge in [0.05, 0.1) is 13.2 Å². The maximum atomic E-state index is 9.18. The van der Waals surface area contributed by atoms with Crippen LogP contribution in [0, 0.1) is 5.92 Å². The summed E-state index contributed by atoms with van der Waals surface area (Å²) >= 11 is 0. The topological polar surface area (TPSA) is 58.7 Å². The lowest BCUT2D eigenvalue weighted by Crippen LogP contribution is -2.45. The predicted octanol–water partition coefficient (Wildman–Crippen LogP) is 0.835. The molecule has 0 spiro atoms. The molecule has 0 saturated heterocycles. The van der Waals surface area contributed by atoms with E-state index in [0.29, 0.717) is 12.0 Å². The van der Waals surface area contributed by atoms with Crippen LogP contribution in [0.2, 0.25) is 0 Å². The Balaban J connectivity index is 2.58. The zero-order chi connectivity index (χ0) is 12.5. The third-order valence-corrected chi connectivity index (χ3v) is 3.86. The molecule has 1 fully saturated rings. The zero-order valence-electron chi connectivity index (χ0n) is 11.1. The van der Waals surface area contributed by atoms with Gasteiger partial charge in [0.2, 0.25) is 0 Å². The first-order valence-electron chi connectivity index (χ1n) is 6.87. The minimum atomic E-state index is 0.220. The molecule has 2 atom stereocenters. The normalized spacial score (nSPS) is 26.1. The van der Waals surface area contributed by atoms with Crippen molar-refractivity contribution < 1.29 is 9.84 Å². The smallest absolute Gasteiger partial charge is 0.0589 e. The number of nitrogens with two attached hydrogens (primary N) is 1. The molecule has 0 amide bonds. The fraction of sp³-hybridized carbons (Fsp3) is 1.00. The molecule has 102 valence electrons. The fourth-order valence-electron chi connectivity index (χ4n) is 2.90. The van der Waals surface area contributed by atoms with Crippen LogP contribution in [-0.4, -0.2) is 56.0 Å². The van der Waals surface area contributed by atoms with Crippen LogP contribution in [0.15, 0.2) is 0 Å². The molecule has 17 heavy (non-hydrogen) atoms. The van der Waals surface area contributed by atoms with E-state index < -0.39 is 0 Å². The molecule has 4 heteroatoms. The monoisotopic (exact) mass is 244 g/mol. The number of methoxy groups -OCH3 is 1. The molecular weight excluding hydrogens is 216 g/mol. The third kappa shape index (κ3) is 4.92. The standard InChI is InChI=1S/C13H28N2O2/c1-17-10-8-15(7-9-16)13-6-4-2-3-5-12(13)11-14/h12-13,16H,2-11,14H2,1H3. The van der Waals surface area contributed by atoms with E-state index >= 15 is 0 Å². The second kappa shape index (κ2) is 8.86. The summed E-state index contributed by atoms with van der Waals surface area (Å²) in [5.41, 5.74) is 5.91. The number of hydrogen-bond acceptors (Lipinski definition) is 4. The maximum absolute atomic E-state index is 9.18. The molecule has 1 aliphatic rings. The first-order valence-corrected chi connectivity index (χ1v) is 6.87. The van der Waals surface area contributed by atoms with Gasteiger partial charge >= 0.3 is 0 Å². The lowest BCUT2D eigenvalue weighted by atomic mass is 9.93. The highest BCUT2D eigenvalue weighted by molar-refractivity contribution is 4.82. The maximum Gasteiger partial charge on any atom is 0.0589 e. The van der Waals surface area contributed by atoms with E-state index in [4.69, 9.17) is 10.5 Å². The number of hydrogen-bond donors (Lipinski definition) is 2. The minimum Gasteiger partial charge on any atom is -0.395 e. The van der Waals surface area contributed by atoms with Crippen LogP contribution in [0.1, 0.15) is 32.1 Å². The van der Waals surface area contributed by atoms with E-state index in [0.717, 1.165) is 26.2 Å². The lowest BCUT2D eigenvalue weighted by Gasteiger charge is -2.35. The van der Waals surface area contributed by atoms with Gasteiger partial charge in [-0.3, -0.25) is 4.90 Å². The van der Waals surface area contributed by atoms with E-state index in [1.165, 1.54) is 32.1 Å². The second-order valence-electron chi connectivity index (χ2n) is 4.95. The Morgan fingerprint density at radius 2 is 2.00 bits per heavy atom. The van der Waals surface area contributed by atoms with Crippen molar-refractivity contribution >= 4 is 0 Å². The Bertz CT molecular complexity index is 190. The van der Waals surface area contributed by atoms with Crippen molar-refractivity contribution in [3.63, 3.8) is 0 Å². The summed E-state index contributed by atoms with van der Waals surface area (Å²) in [4.78, 5) is 2.37. The van der Waals surface area contributed by atoms with Gasteiger partial charge in [0.25, 0.3) is 0 Å². The number of rotatable bonds is 7. The van der Waals surface area contributed by atoms with Crippen LogP contribution in [0.25, 0.3) is 0 Å². The Hall–Kier alpha value is -0.160. The molecule has 4 nitrogen and oxygen atoms in total. The molecule has 0 bridgehead atoms. The summed E-state index contributed by atoms with van der Waals surface area (Å²) < 4.78 is 5.16. The molecule has 0 radical (unpaired) electrons. The van der Waals surface area contributed by atoms with Gasteiger partial charge in [-0.1, -0.05) is 19.3 Å². The summed E-state index contributed by atoms with van der Waals surface area (Å²) in [5, 5.41) is 9.18. The van der Waals surface area contributed by atoms with Gasteiger partial charge in [-0.15, -0.1) is 0 Å². The van der Waals surface area contributed by atoms with E-state index in [1.807, 2.05) is 0 Å². The van der Waals surface area contributed by atoms with Gasteiger partial charge in [0.1, 0.15) is 0 Å². The highest BCUT2D eigenvalue weighted by atomic mass is 16.5. The van der Waals surface area contributed by atoms with Crippen molar-refractivity contribution in [3.8, 4) is 0 Å². The van der Waals surface area contributed by atoms with Crippen LogP contribution in [0.5, 0.6) is 0 Å². The van der Waals surface area contributed by atoms with Crippen LogP contribution < -0.4 is 5.73 Å². The first-order chi connectivity index (χ1) is 8.33. The van der Waals surface area contributed by atoms with Gasteiger partial charge in [-0.25, -0.2) is 0 Å². The number of nitrogens with zero attached hydrogens (tertiary/aromatic N) is 1. The average Bonchev–Trinajstić information content (AvgIpc) is 2.59. The molecule has 0 aliphatic heterocycles. The number of aliphatic hydroxyl groups is 1. The van der Waals surface area contributed by atoms with Crippen molar-refractivity contribution in [2.75, 3.05) is 40.0 Å². The van der Waals surface area contributed by atoms with Crippen LogP contribution in [-0.2, 0) is 4.74 Å². The summed E-state index contributed by atoms with van der Waals surface area (Å²) in [6, 6.07) is 0.532. The first kappa shape index (κ1) is 14.9. The SMILES string of the molecule is COCCN(CCO)C1CCCCCC1CN. The van der Waals surface area contributed by atoms with Crippen molar-refractivity contribution in [3.05, 3.63) is 0 Å². The largest absolute Gasteiger partial charge is 0.395 e. The van der Waals surface area contributed by atoms with E-state index in [1.54, 1.807) is 7.11 Å². The second-order valence-corrected chi connectivity index (χ2v) is 4.95. The highest BCUT2D eigenvalue weighted by Crippen LogP contribution is 2.26. The Kier molecular flexibility index (Phi) is 7.77. The molecule has 0 aromatic carbocycles. The molecule has 0 heterocycles. The Labute approximate surface area is 105 Å². The summed E-state index contributed by atoms with van der Waals surface area (Å²) in [5.74, 6) is 0.584. The summed E-state index contributed by atoms with van der Waals surface area (Å²) in [7, 11) is 1.73. The van der Waals surface area contributed by atoms with Crippen molar-refractivity contribution in [1.29, 1.82) is 0 Å². The molecule has 2 unspecified atom stereocenters. The minimum absolute atomic E-state index is 0.220. The third-order valence-electron chi connectivity index (χ3n) is 3.86. The van der Waals surface area contributed by atoms with Crippen LogP contribution in [0.4, 0.5) is 0 Å². The molecule has 1 aliphatic carbocycles. The quantitative estimate of drug-likeness (QED) is 0.651. The number of ether oxygens (including phenoxy) is 1. The van der Waals surface area contributed by atoms with Gasteiger partial charge in [0.15, 0.2) is 0 Å². The molecule has 1 rings (SSSR count). The van der Waals surface area contributed by atoms with Crippen molar-refractivity contribution in [1.82, 2.24) is 4.90 Å². The summed E-state index contributed by atoms with van der Waals surface area (Å²) in [6.07, 6.45) is 6.36. The molecule has 0 aromatic heterocycles. The van der Waals surface area contributed by atoms with Gasteiger partial charge in [-0.05, 0) is 25.3 Å². The Morgan fingerprint density at radius 1 is 1.24 bits per heavy atom. The molecule has 3 N–H and O–H groups in total. The predicted molar refractivity (Wildman–Crippen MR) is 70.0 cm³/mol. The van der Waals surface area contributed by atoms with Crippen LogP contribution >= 0.6 is 0 Å². The zero-order valence-corrected chi connectivity index (χ0v) is 11.1. The molecular formula is C13H28N2O2. The highest BCUT2D eigenvalue weighted by Gasteiger charge is 2.27. The molecule has 0 aromatic rings. The van der Waals surface area contributed by atoms with Crippen molar-refractivity contribution in [2.24, 2.45) is 11.7 Å². The van der Waals surface area contributed by atoms with Crippen LogP contribution in [0.3, 0.4) is 0 Å². The average molecular weight is 244 g/mol. The summed E-state index contributed by atoms with van der Waals surface area (Å²) in [6.45, 7) is 3.35. The van der Waals surface area contributed by atoms with Gasteiger partial charge in [-0.2, -0.15) is 0 Å². The number of aliphatic hydroxyl groups excluding tert-OH is 1.